The van der Waals surface area contributed by atoms with Gasteiger partial charge in [-0.15, -0.1) is 0 Å². The molecule has 1 aromatic carbocycles. The molecule has 0 aliphatic carbocycles. The number of nitrogens with two attached hydrogens (primary N) is 1. The second kappa shape index (κ2) is 5.38. The van der Waals surface area contributed by atoms with Crippen molar-refractivity contribution in [3.63, 3.8) is 0 Å². The van der Waals surface area contributed by atoms with Gasteiger partial charge in [0.1, 0.15) is 0 Å². The fourth-order valence-corrected chi connectivity index (χ4v) is 5.21. The minimum Gasteiger partial charge on any atom is -0.330 e. The fraction of sp³-hybridized carbons (Fsp3) is 0.625. The molecule has 1 atom stereocenters. The maximum absolute atomic E-state index is 13.1. The molecule has 1 unspecified atom stereocenters. The molecular weight excluding hydrogens is 284 g/mol. The lowest BCUT2D eigenvalue weighted by Crippen LogP contribution is -2.35. The van der Waals surface area contributed by atoms with Crippen molar-refractivity contribution in [2.45, 2.75) is 45.9 Å². The number of hydrogen-bond acceptors (Lipinski definition) is 3. The van der Waals surface area contributed by atoms with Crippen molar-refractivity contribution < 1.29 is 8.42 Å². The molecule has 0 aromatic heterocycles. The quantitative estimate of drug-likeness (QED) is 0.931. The van der Waals surface area contributed by atoms with E-state index in [0.717, 1.165) is 28.7 Å². The van der Waals surface area contributed by atoms with Crippen LogP contribution >= 0.6 is 0 Å². The predicted molar refractivity (Wildman–Crippen MR) is 85.9 cm³/mol. The zero-order valence-corrected chi connectivity index (χ0v) is 14.5. The zero-order chi connectivity index (χ0) is 16.0. The summed E-state index contributed by atoms with van der Waals surface area (Å²) in [5, 5.41) is 0. The second-order valence-electron chi connectivity index (χ2n) is 6.69. The average molecular weight is 310 g/mol. The molecule has 1 heterocycles. The highest BCUT2D eigenvalue weighted by Crippen LogP contribution is 2.35. The molecule has 0 saturated carbocycles. The number of benzene rings is 1. The molecule has 2 rings (SSSR count). The van der Waals surface area contributed by atoms with Crippen LogP contribution in [0.3, 0.4) is 0 Å². The highest BCUT2D eigenvalue weighted by atomic mass is 32.2. The summed E-state index contributed by atoms with van der Waals surface area (Å²) in [6.45, 7) is 11.4. The summed E-state index contributed by atoms with van der Waals surface area (Å²) < 4.78 is 27.7. The summed E-state index contributed by atoms with van der Waals surface area (Å²) in [6, 6.07) is 2.05. The maximum atomic E-state index is 13.1. The highest BCUT2D eigenvalue weighted by molar-refractivity contribution is 7.89. The topological polar surface area (TPSA) is 63.4 Å². The van der Waals surface area contributed by atoms with Crippen molar-refractivity contribution in [1.82, 2.24) is 4.31 Å². The standard InChI is InChI=1S/C16H26N2O2S/c1-11-8-12(2)14(4)15(13(11)3)21(19,20)18-7-6-16(5,9-17)10-18/h8H,6-7,9-10,17H2,1-5H3. The van der Waals surface area contributed by atoms with E-state index in [1.165, 1.54) is 0 Å². The van der Waals surface area contributed by atoms with Crippen LogP contribution in [0.4, 0.5) is 0 Å². The third-order valence-corrected chi connectivity index (χ3v) is 7.03. The van der Waals surface area contributed by atoms with E-state index in [9.17, 15) is 8.42 Å². The van der Waals surface area contributed by atoms with Gasteiger partial charge in [0.05, 0.1) is 4.90 Å². The first kappa shape index (κ1) is 16.5. The van der Waals surface area contributed by atoms with E-state index in [1.54, 1.807) is 4.31 Å². The maximum Gasteiger partial charge on any atom is 0.243 e. The van der Waals surface area contributed by atoms with Crippen molar-refractivity contribution in [1.29, 1.82) is 0 Å². The van der Waals surface area contributed by atoms with E-state index < -0.39 is 10.0 Å². The Morgan fingerprint density at radius 2 is 1.71 bits per heavy atom. The molecule has 5 heteroatoms. The lowest BCUT2D eigenvalue weighted by molar-refractivity contribution is 0.349. The molecule has 1 aliphatic rings. The third kappa shape index (κ3) is 2.74. The van der Waals surface area contributed by atoms with Crippen molar-refractivity contribution in [3.05, 3.63) is 28.3 Å². The van der Waals surface area contributed by atoms with Gasteiger partial charge < -0.3 is 5.73 Å². The molecule has 0 spiro atoms. The van der Waals surface area contributed by atoms with E-state index in [1.807, 2.05) is 27.7 Å². The summed E-state index contributed by atoms with van der Waals surface area (Å²) >= 11 is 0. The molecular formula is C16H26N2O2S. The number of sulfonamides is 1. The van der Waals surface area contributed by atoms with Gasteiger partial charge in [0.2, 0.25) is 10.0 Å². The number of rotatable bonds is 3. The highest BCUT2D eigenvalue weighted by Gasteiger charge is 2.40. The summed E-state index contributed by atoms with van der Waals surface area (Å²) in [4.78, 5) is 0.487. The van der Waals surface area contributed by atoms with Crippen LogP contribution in [-0.2, 0) is 10.0 Å². The molecule has 0 bridgehead atoms. The van der Waals surface area contributed by atoms with Gasteiger partial charge in [0.25, 0.3) is 0 Å². The predicted octanol–water partition coefficient (Wildman–Crippen LogP) is 2.28. The van der Waals surface area contributed by atoms with Gasteiger partial charge in [-0.25, -0.2) is 8.42 Å². The minimum absolute atomic E-state index is 0.103. The normalized spacial score (nSPS) is 23.7. The van der Waals surface area contributed by atoms with Gasteiger partial charge in [-0.1, -0.05) is 13.0 Å². The number of nitrogens with zero attached hydrogens (tertiary/aromatic N) is 1. The molecule has 1 aromatic rings. The SMILES string of the molecule is Cc1cc(C)c(C)c(S(=O)(=O)N2CCC(C)(CN)C2)c1C. The fourth-order valence-electron chi connectivity index (χ4n) is 3.05. The van der Waals surface area contributed by atoms with Crippen LogP contribution in [0.2, 0.25) is 0 Å². The van der Waals surface area contributed by atoms with Crippen LogP contribution in [0.25, 0.3) is 0 Å². The third-order valence-electron chi connectivity index (χ3n) is 4.91. The van der Waals surface area contributed by atoms with Gasteiger partial charge in [-0.2, -0.15) is 4.31 Å². The monoisotopic (exact) mass is 310 g/mol. The molecule has 21 heavy (non-hydrogen) atoms. The second-order valence-corrected chi connectivity index (χ2v) is 8.57. The van der Waals surface area contributed by atoms with Gasteiger partial charge in [-0.3, -0.25) is 0 Å². The molecule has 0 amide bonds. The van der Waals surface area contributed by atoms with Gasteiger partial charge in [0.15, 0.2) is 0 Å². The molecule has 1 aliphatic heterocycles. The molecule has 118 valence electrons. The Bertz CT molecular complexity index is 641. The van der Waals surface area contributed by atoms with Crippen LogP contribution in [0, 0.1) is 33.1 Å². The largest absolute Gasteiger partial charge is 0.330 e. The van der Waals surface area contributed by atoms with E-state index in [4.69, 9.17) is 5.73 Å². The van der Waals surface area contributed by atoms with Crippen molar-refractivity contribution >= 4 is 10.0 Å². The Labute approximate surface area is 128 Å². The number of hydrogen-bond donors (Lipinski definition) is 1. The Morgan fingerprint density at radius 3 is 2.14 bits per heavy atom. The first-order valence-corrected chi connectivity index (χ1v) is 8.84. The molecule has 0 radical (unpaired) electrons. The average Bonchev–Trinajstić information content (AvgIpc) is 2.81. The van der Waals surface area contributed by atoms with Crippen LogP contribution < -0.4 is 5.73 Å². The first-order valence-electron chi connectivity index (χ1n) is 7.40. The van der Waals surface area contributed by atoms with Crippen LogP contribution in [-0.4, -0.2) is 32.4 Å². The van der Waals surface area contributed by atoms with E-state index >= 15 is 0 Å². The van der Waals surface area contributed by atoms with Crippen molar-refractivity contribution in [2.75, 3.05) is 19.6 Å². The molecule has 2 N–H and O–H groups in total. The first-order chi connectivity index (χ1) is 9.62. The van der Waals surface area contributed by atoms with Crippen molar-refractivity contribution in [3.8, 4) is 0 Å². The van der Waals surface area contributed by atoms with Gasteiger partial charge in [-0.05, 0) is 68.3 Å². The van der Waals surface area contributed by atoms with Gasteiger partial charge >= 0.3 is 0 Å². The Kier molecular flexibility index (Phi) is 4.21. The smallest absolute Gasteiger partial charge is 0.243 e. The molecule has 1 fully saturated rings. The zero-order valence-electron chi connectivity index (χ0n) is 13.7. The van der Waals surface area contributed by atoms with E-state index in [-0.39, 0.29) is 5.41 Å². The van der Waals surface area contributed by atoms with Crippen LogP contribution in [0.15, 0.2) is 11.0 Å². The van der Waals surface area contributed by atoms with E-state index in [0.29, 0.717) is 24.5 Å². The Hall–Kier alpha value is -0.910. The Morgan fingerprint density at radius 1 is 1.19 bits per heavy atom. The lowest BCUT2D eigenvalue weighted by Gasteiger charge is -2.24. The van der Waals surface area contributed by atoms with Crippen LogP contribution in [0.1, 0.15) is 35.6 Å². The Balaban J connectivity index is 2.52. The summed E-state index contributed by atoms with van der Waals surface area (Å²) in [6.07, 6.45) is 0.825. The summed E-state index contributed by atoms with van der Waals surface area (Å²) in [7, 11) is -3.45. The summed E-state index contributed by atoms with van der Waals surface area (Å²) in [5.41, 5.74) is 9.47. The van der Waals surface area contributed by atoms with E-state index in [2.05, 4.69) is 13.0 Å². The molecule has 4 nitrogen and oxygen atoms in total. The van der Waals surface area contributed by atoms with Crippen molar-refractivity contribution in [2.24, 2.45) is 11.1 Å². The van der Waals surface area contributed by atoms with Crippen LogP contribution in [0.5, 0.6) is 0 Å². The summed E-state index contributed by atoms with van der Waals surface area (Å²) in [5.74, 6) is 0. The lowest BCUT2D eigenvalue weighted by atomic mass is 9.90. The van der Waals surface area contributed by atoms with Gasteiger partial charge in [0, 0.05) is 13.1 Å². The number of aryl methyl sites for hydroxylation is 2. The molecule has 1 saturated heterocycles. The minimum atomic E-state index is -3.45.